The van der Waals surface area contributed by atoms with Gasteiger partial charge in [0.1, 0.15) is 5.82 Å². The third-order valence-corrected chi connectivity index (χ3v) is 3.47. The lowest BCUT2D eigenvalue weighted by Crippen LogP contribution is -2.45. The van der Waals surface area contributed by atoms with Crippen LogP contribution in [0.4, 0.5) is 14.9 Å². The van der Waals surface area contributed by atoms with Crippen LogP contribution in [-0.2, 0) is 0 Å². The fourth-order valence-corrected chi connectivity index (χ4v) is 2.44. The summed E-state index contributed by atoms with van der Waals surface area (Å²) in [6.45, 7) is 2.85. The van der Waals surface area contributed by atoms with Crippen LogP contribution in [0.25, 0.3) is 0 Å². The molecule has 0 aliphatic carbocycles. The average molecular weight is 250 g/mol. The summed E-state index contributed by atoms with van der Waals surface area (Å²) in [5, 5.41) is 2.66. The summed E-state index contributed by atoms with van der Waals surface area (Å²) in [6, 6.07) is 6.35. The second-order valence-electron chi connectivity index (χ2n) is 4.66. The van der Waals surface area contributed by atoms with Crippen LogP contribution in [-0.4, -0.2) is 23.5 Å². The number of hydrogen-bond acceptors (Lipinski definition) is 1. The van der Waals surface area contributed by atoms with Crippen LogP contribution in [0.1, 0.15) is 32.6 Å². The van der Waals surface area contributed by atoms with E-state index in [1.807, 2.05) is 4.90 Å². The van der Waals surface area contributed by atoms with E-state index in [9.17, 15) is 9.18 Å². The van der Waals surface area contributed by atoms with Crippen molar-refractivity contribution in [1.29, 1.82) is 0 Å². The molecule has 1 atom stereocenters. The molecule has 1 aliphatic rings. The summed E-state index contributed by atoms with van der Waals surface area (Å²) in [4.78, 5) is 14.0. The Kier molecular flexibility index (Phi) is 4.18. The first-order chi connectivity index (χ1) is 8.72. The number of carbonyl (C=O) groups excluding carboxylic acids is 1. The van der Waals surface area contributed by atoms with Gasteiger partial charge in [-0.3, -0.25) is 0 Å². The van der Waals surface area contributed by atoms with Gasteiger partial charge in [0.2, 0.25) is 0 Å². The molecule has 2 rings (SSSR count). The predicted octanol–water partition coefficient (Wildman–Crippen LogP) is 3.62. The number of rotatable bonds is 2. The SMILES string of the molecule is CC[C@@H]1CCCCN1C(=O)Nc1ccccc1F. The molecule has 1 aromatic rings. The Morgan fingerprint density at radius 3 is 2.94 bits per heavy atom. The molecule has 0 aromatic heterocycles. The number of anilines is 1. The summed E-state index contributed by atoms with van der Waals surface area (Å²) in [7, 11) is 0. The predicted molar refractivity (Wildman–Crippen MR) is 70.1 cm³/mol. The molecule has 0 unspecified atom stereocenters. The van der Waals surface area contributed by atoms with Gasteiger partial charge in [-0.2, -0.15) is 0 Å². The van der Waals surface area contributed by atoms with E-state index < -0.39 is 5.82 Å². The van der Waals surface area contributed by atoms with E-state index in [2.05, 4.69) is 12.2 Å². The lowest BCUT2D eigenvalue weighted by Gasteiger charge is -2.35. The lowest BCUT2D eigenvalue weighted by atomic mass is 10.0. The Hall–Kier alpha value is -1.58. The minimum atomic E-state index is -0.393. The minimum Gasteiger partial charge on any atom is -0.322 e. The second kappa shape index (κ2) is 5.85. The molecule has 0 bridgehead atoms. The highest BCUT2D eigenvalue weighted by Crippen LogP contribution is 2.21. The molecule has 1 aromatic carbocycles. The van der Waals surface area contributed by atoms with Crippen molar-refractivity contribution in [3.05, 3.63) is 30.1 Å². The maximum absolute atomic E-state index is 13.5. The van der Waals surface area contributed by atoms with Crippen LogP contribution in [0.5, 0.6) is 0 Å². The number of likely N-dealkylation sites (tertiary alicyclic amines) is 1. The van der Waals surface area contributed by atoms with E-state index in [1.54, 1.807) is 18.2 Å². The fraction of sp³-hybridized carbons (Fsp3) is 0.500. The van der Waals surface area contributed by atoms with Gasteiger partial charge < -0.3 is 10.2 Å². The molecule has 1 aliphatic heterocycles. The van der Waals surface area contributed by atoms with Crippen molar-refractivity contribution in [2.75, 3.05) is 11.9 Å². The zero-order valence-corrected chi connectivity index (χ0v) is 10.7. The number of halogens is 1. The van der Waals surface area contributed by atoms with Gasteiger partial charge in [-0.05, 0) is 37.8 Å². The molecule has 1 fully saturated rings. The van der Waals surface area contributed by atoms with Gasteiger partial charge in [-0.15, -0.1) is 0 Å². The van der Waals surface area contributed by atoms with E-state index in [4.69, 9.17) is 0 Å². The molecule has 98 valence electrons. The van der Waals surface area contributed by atoms with E-state index in [-0.39, 0.29) is 17.8 Å². The van der Waals surface area contributed by atoms with Gasteiger partial charge in [0.15, 0.2) is 0 Å². The molecule has 18 heavy (non-hydrogen) atoms. The summed E-state index contributed by atoms with van der Waals surface area (Å²) < 4.78 is 13.5. The van der Waals surface area contributed by atoms with Crippen molar-refractivity contribution in [3.8, 4) is 0 Å². The molecule has 3 nitrogen and oxygen atoms in total. The highest BCUT2D eigenvalue weighted by atomic mass is 19.1. The van der Waals surface area contributed by atoms with Gasteiger partial charge in [-0.1, -0.05) is 19.1 Å². The summed E-state index contributed by atoms with van der Waals surface area (Å²) in [6.07, 6.45) is 4.19. The Morgan fingerprint density at radius 1 is 1.44 bits per heavy atom. The van der Waals surface area contributed by atoms with Crippen molar-refractivity contribution in [2.45, 2.75) is 38.6 Å². The first kappa shape index (κ1) is 12.9. The molecule has 1 heterocycles. The van der Waals surface area contributed by atoms with Crippen molar-refractivity contribution in [3.63, 3.8) is 0 Å². The largest absolute Gasteiger partial charge is 0.322 e. The smallest absolute Gasteiger partial charge is 0.322 e. The molecule has 1 N–H and O–H groups in total. The normalized spacial score (nSPS) is 19.7. The molecule has 1 saturated heterocycles. The maximum atomic E-state index is 13.5. The molecule has 2 amide bonds. The van der Waals surface area contributed by atoms with Gasteiger partial charge in [0.25, 0.3) is 0 Å². The number of urea groups is 1. The quantitative estimate of drug-likeness (QED) is 0.854. The van der Waals surface area contributed by atoms with E-state index in [1.165, 1.54) is 12.5 Å². The average Bonchev–Trinajstić information content (AvgIpc) is 2.41. The number of nitrogens with one attached hydrogen (secondary N) is 1. The molecule has 0 saturated carbocycles. The zero-order valence-electron chi connectivity index (χ0n) is 10.7. The van der Waals surface area contributed by atoms with Crippen molar-refractivity contribution < 1.29 is 9.18 Å². The molecule has 4 heteroatoms. The second-order valence-corrected chi connectivity index (χ2v) is 4.66. The van der Waals surface area contributed by atoms with Crippen LogP contribution in [0.2, 0.25) is 0 Å². The molecule has 0 spiro atoms. The molecular formula is C14H19FN2O. The van der Waals surface area contributed by atoms with Gasteiger partial charge in [0, 0.05) is 12.6 Å². The van der Waals surface area contributed by atoms with Crippen molar-refractivity contribution in [1.82, 2.24) is 4.90 Å². The number of hydrogen-bond donors (Lipinski definition) is 1. The monoisotopic (exact) mass is 250 g/mol. The zero-order chi connectivity index (χ0) is 13.0. The molecular weight excluding hydrogens is 231 g/mol. The highest BCUT2D eigenvalue weighted by molar-refractivity contribution is 5.89. The van der Waals surface area contributed by atoms with Crippen LogP contribution in [0, 0.1) is 5.82 Å². The third kappa shape index (κ3) is 2.81. The van der Waals surface area contributed by atoms with Crippen LogP contribution >= 0.6 is 0 Å². The Labute approximate surface area is 107 Å². The minimum absolute atomic E-state index is 0.188. The van der Waals surface area contributed by atoms with E-state index in [0.29, 0.717) is 0 Å². The first-order valence-corrected chi connectivity index (χ1v) is 6.54. The summed E-state index contributed by atoms with van der Waals surface area (Å²) >= 11 is 0. The summed E-state index contributed by atoms with van der Waals surface area (Å²) in [5.41, 5.74) is 0.253. The van der Waals surface area contributed by atoms with Gasteiger partial charge in [-0.25, -0.2) is 9.18 Å². The maximum Gasteiger partial charge on any atom is 0.322 e. The number of nitrogens with zero attached hydrogens (tertiary/aromatic N) is 1. The van der Waals surface area contributed by atoms with Crippen molar-refractivity contribution in [2.24, 2.45) is 0 Å². The van der Waals surface area contributed by atoms with Crippen molar-refractivity contribution >= 4 is 11.7 Å². The van der Waals surface area contributed by atoms with E-state index >= 15 is 0 Å². The van der Waals surface area contributed by atoms with Crippen LogP contribution in [0.3, 0.4) is 0 Å². The highest BCUT2D eigenvalue weighted by Gasteiger charge is 2.25. The number of piperidine rings is 1. The van der Waals surface area contributed by atoms with Crippen LogP contribution < -0.4 is 5.32 Å². The molecule has 0 radical (unpaired) electrons. The topological polar surface area (TPSA) is 32.3 Å². The van der Waals surface area contributed by atoms with Gasteiger partial charge >= 0.3 is 6.03 Å². The van der Waals surface area contributed by atoms with Crippen LogP contribution in [0.15, 0.2) is 24.3 Å². The lowest BCUT2D eigenvalue weighted by molar-refractivity contribution is 0.160. The van der Waals surface area contributed by atoms with Gasteiger partial charge in [0.05, 0.1) is 5.69 Å². The van der Waals surface area contributed by atoms with E-state index in [0.717, 1.165) is 25.8 Å². The number of benzene rings is 1. The Balaban J connectivity index is 2.05. The fourth-order valence-electron chi connectivity index (χ4n) is 2.44. The third-order valence-electron chi connectivity index (χ3n) is 3.47. The summed E-state index contributed by atoms with van der Waals surface area (Å²) in [5.74, 6) is -0.393. The Bertz CT molecular complexity index is 422. The first-order valence-electron chi connectivity index (χ1n) is 6.54. The standard InChI is InChI=1S/C14H19FN2O/c1-2-11-7-5-6-10-17(11)14(18)16-13-9-4-3-8-12(13)15/h3-4,8-9,11H,2,5-7,10H2,1H3,(H,16,18)/t11-/m1/s1. The number of amides is 2. The number of para-hydroxylation sites is 1. The Morgan fingerprint density at radius 2 is 2.22 bits per heavy atom. The number of carbonyl (C=O) groups is 1.